The molecular formula is C14H25N3. The van der Waals surface area contributed by atoms with Crippen LogP contribution in [0.5, 0.6) is 0 Å². The van der Waals surface area contributed by atoms with Crippen molar-refractivity contribution in [2.75, 3.05) is 13.1 Å². The SMILES string of the molecule is CC1CCCC(CNCCCn2cccn2)C1. The van der Waals surface area contributed by atoms with E-state index >= 15 is 0 Å². The second-order valence-corrected chi connectivity index (χ2v) is 5.46. The lowest BCUT2D eigenvalue weighted by Crippen LogP contribution is -2.27. The molecule has 17 heavy (non-hydrogen) atoms. The maximum atomic E-state index is 4.20. The molecule has 0 amide bonds. The Morgan fingerprint density at radius 3 is 3.12 bits per heavy atom. The van der Waals surface area contributed by atoms with Gasteiger partial charge in [0, 0.05) is 18.9 Å². The van der Waals surface area contributed by atoms with Crippen LogP contribution >= 0.6 is 0 Å². The van der Waals surface area contributed by atoms with Crippen LogP contribution in [0.15, 0.2) is 18.5 Å². The van der Waals surface area contributed by atoms with Gasteiger partial charge >= 0.3 is 0 Å². The molecule has 0 spiro atoms. The van der Waals surface area contributed by atoms with Crippen LogP contribution in [0.25, 0.3) is 0 Å². The van der Waals surface area contributed by atoms with Gasteiger partial charge in [0.1, 0.15) is 0 Å². The first-order chi connectivity index (χ1) is 8.34. The minimum atomic E-state index is 0.920. The van der Waals surface area contributed by atoms with Crippen LogP contribution in [0, 0.1) is 11.8 Å². The Kier molecular flexibility index (Phi) is 5.05. The summed E-state index contributed by atoms with van der Waals surface area (Å²) >= 11 is 0. The maximum absolute atomic E-state index is 4.20. The zero-order valence-electron chi connectivity index (χ0n) is 10.9. The van der Waals surface area contributed by atoms with Gasteiger partial charge < -0.3 is 5.32 Å². The van der Waals surface area contributed by atoms with Crippen LogP contribution < -0.4 is 5.32 Å². The maximum Gasteiger partial charge on any atom is 0.0489 e. The van der Waals surface area contributed by atoms with Gasteiger partial charge in [-0.15, -0.1) is 0 Å². The van der Waals surface area contributed by atoms with Crippen LogP contribution in [0.1, 0.15) is 39.0 Å². The third-order valence-electron chi connectivity index (χ3n) is 3.78. The molecule has 0 aliphatic heterocycles. The van der Waals surface area contributed by atoms with E-state index in [2.05, 4.69) is 17.3 Å². The number of nitrogens with one attached hydrogen (secondary N) is 1. The highest BCUT2D eigenvalue weighted by atomic mass is 15.3. The van der Waals surface area contributed by atoms with E-state index in [0.717, 1.165) is 24.9 Å². The largest absolute Gasteiger partial charge is 0.316 e. The van der Waals surface area contributed by atoms with Gasteiger partial charge in [-0.05, 0) is 50.3 Å². The lowest BCUT2D eigenvalue weighted by Gasteiger charge is -2.26. The Balaban J connectivity index is 1.51. The average Bonchev–Trinajstić information content (AvgIpc) is 2.82. The fraction of sp³-hybridized carbons (Fsp3) is 0.786. The van der Waals surface area contributed by atoms with Crippen molar-refractivity contribution in [2.24, 2.45) is 11.8 Å². The lowest BCUT2D eigenvalue weighted by atomic mass is 9.82. The fourth-order valence-electron chi connectivity index (χ4n) is 2.85. The first-order valence-corrected chi connectivity index (χ1v) is 7.02. The minimum Gasteiger partial charge on any atom is -0.316 e. The van der Waals surface area contributed by atoms with Crippen molar-refractivity contribution in [3.05, 3.63) is 18.5 Å². The zero-order chi connectivity index (χ0) is 11.9. The Morgan fingerprint density at radius 2 is 2.35 bits per heavy atom. The van der Waals surface area contributed by atoms with Crippen LogP contribution in [-0.4, -0.2) is 22.9 Å². The van der Waals surface area contributed by atoms with E-state index in [1.54, 1.807) is 0 Å². The van der Waals surface area contributed by atoms with Crippen molar-refractivity contribution in [2.45, 2.75) is 45.6 Å². The normalized spacial score (nSPS) is 25.0. The predicted molar refractivity (Wildman–Crippen MR) is 70.8 cm³/mol. The third kappa shape index (κ3) is 4.50. The molecule has 0 saturated heterocycles. The summed E-state index contributed by atoms with van der Waals surface area (Å²) in [5.41, 5.74) is 0. The minimum absolute atomic E-state index is 0.920. The fourth-order valence-corrected chi connectivity index (χ4v) is 2.85. The molecule has 1 saturated carbocycles. The highest BCUT2D eigenvalue weighted by molar-refractivity contribution is 4.77. The Labute approximate surface area is 105 Å². The van der Waals surface area contributed by atoms with Gasteiger partial charge in [-0.25, -0.2) is 0 Å². The number of hydrogen-bond donors (Lipinski definition) is 1. The molecule has 0 bridgehead atoms. The molecule has 2 unspecified atom stereocenters. The molecule has 0 aromatic carbocycles. The summed E-state index contributed by atoms with van der Waals surface area (Å²) in [6.07, 6.45) is 10.8. The summed E-state index contributed by atoms with van der Waals surface area (Å²) < 4.78 is 2.00. The molecule has 1 aromatic rings. The number of rotatable bonds is 6. The summed E-state index contributed by atoms with van der Waals surface area (Å²) in [5, 5.41) is 7.80. The van der Waals surface area contributed by atoms with Crippen LogP contribution in [0.3, 0.4) is 0 Å². The molecule has 1 aromatic heterocycles. The molecule has 1 heterocycles. The highest BCUT2D eigenvalue weighted by Crippen LogP contribution is 2.27. The van der Waals surface area contributed by atoms with E-state index in [1.165, 1.54) is 38.6 Å². The predicted octanol–water partition coefficient (Wildman–Crippen LogP) is 2.69. The van der Waals surface area contributed by atoms with Crippen molar-refractivity contribution >= 4 is 0 Å². The van der Waals surface area contributed by atoms with Gasteiger partial charge in [0.15, 0.2) is 0 Å². The van der Waals surface area contributed by atoms with Crippen molar-refractivity contribution in [3.8, 4) is 0 Å². The number of hydrogen-bond acceptors (Lipinski definition) is 2. The lowest BCUT2D eigenvalue weighted by molar-refractivity contribution is 0.274. The summed E-state index contributed by atoms with van der Waals surface area (Å²) in [6, 6.07) is 1.98. The van der Waals surface area contributed by atoms with Crippen molar-refractivity contribution in [1.29, 1.82) is 0 Å². The van der Waals surface area contributed by atoms with Gasteiger partial charge in [-0.2, -0.15) is 5.10 Å². The third-order valence-corrected chi connectivity index (χ3v) is 3.78. The van der Waals surface area contributed by atoms with Crippen LogP contribution in [0.4, 0.5) is 0 Å². The van der Waals surface area contributed by atoms with E-state index in [0.29, 0.717) is 0 Å². The molecule has 3 heteroatoms. The summed E-state index contributed by atoms with van der Waals surface area (Å²) in [4.78, 5) is 0. The molecule has 2 rings (SSSR count). The number of aryl methyl sites for hydroxylation is 1. The van der Waals surface area contributed by atoms with E-state index in [1.807, 2.05) is 23.1 Å². The topological polar surface area (TPSA) is 29.9 Å². The van der Waals surface area contributed by atoms with Crippen molar-refractivity contribution in [3.63, 3.8) is 0 Å². The Bertz CT molecular complexity index is 294. The molecular weight excluding hydrogens is 210 g/mol. The molecule has 2 atom stereocenters. The van der Waals surface area contributed by atoms with Gasteiger partial charge in [0.2, 0.25) is 0 Å². The number of nitrogens with zero attached hydrogens (tertiary/aromatic N) is 2. The monoisotopic (exact) mass is 235 g/mol. The molecule has 1 N–H and O–H groups in total. The van der Waals surface area contributed by atoms with Crippen molar-refractivity contribution < 1.29 is 0 Å². The van der Waals surface area contributed by atoms with Gasteiger partial charge in [-0.3, -0.25) is 4.68 Å². The quantitative estimate of drug-likeness (QED) is 0.768. The van der Waals surface area contributed by atoms with Gasteiger partial charge in [-0.1, -0.05) is 19.8 Å². The molecule has 1 aliphatic carbocycles. The Hall–Kier alpha value is -0.830. The van der Waals surface area contributed by atoms with Crippen LogP contribution in [0.2, 0.25) is 0 Å². The second-order valence-electron chi connectivity index (χ2n) is 5.46. The van der Waals surface area contributed by atoms with Gasteiger partial charge in [0.25, 0.3) is 0 Å². The molecule has 1 fully saturated rings. The van der Waals surface area contributed by atoms with Crippen LogP contribution in [-0.2, 0) is 6.54 Å². The summed E-state index contributed by atoms with van der Waals surface area (Å²) in [5.74, 6) is 1.86. The first kappa shape index (κ1) is 12.6. The summed E-state index contributed by atoms with van der Waals surface area (Å²) in [7, 11) is 0. The molecule has 96 valence electrons. The van der Waals surface area contributed by atoms with Crippen molar-refractivity contribution in [1.82, 2.24) is 15.1 Å². The van der Waals surface area contributed by atoms with Gasteiger partial charge in [0.05, 0.1) is 0 Å². The second kappa shape index (κ2) is 6.80. The molecule has 3 nitrogen and oxygen atoms in total. The first-order valence-electron chi connectivity index (χ1n) is 7.02. The van der Waals surface area contributed by atoms with E-state index in [4.69, 9.17) is 0 Å². The zero-order valence-corrected chi connectivity index (χ0v) is 10.9. The number of aromatic nitrogens is 2. The summed E-state index contributed by atoms with van der Waals surface area (Å²) in [6.45, 7) is 5.75. The molecule has 0 radical (unpaired) electrons. The molecule has 1 aliphatic rings. The smallest absolute Gasteiger partial charge is 0.0489 e. The van der Waals surface area contributed by atoms with E-state index < -0.39 is 0 Å². The Morgan fingerprint density at radius 1 is 1.41 bits per heavy atom. The average molecular weight is 235 g/mol. The van der Waals surface area contributed by atoms with E-state index in [9.17, 15) is 0 Å². The standard InChI is InChI=1S/C14H25N3/c1-13-5-2-6-14(11-13)12-15-7-3-9-17-10-4-8-16-17/h4,8,10,13-15H,2-3,5-7,9,11-12H2,1H3. The highest BCUT2D eigenvalue weighted by Gasteiger charge is 2.17. The van der Waals surface area contributed by atoms with E-state index in [-0.39, 0.29) is 0 Å².